The molecule has 3 aromatic heterocycles. The van der Waals surface area contributed by atoms with Gasteiger partial charge in [-0.3, -0.25) is 9.48 Å². The number of halogens is 4. The molecule has 0 aliphatic rings. The van der Waals surface area contributed by atoms with Crippen LogP contribution in [0.15, 0.2) is 60.7 Å². The van der Waals surface area contributed by atoms with Crippen LogP contribution in [0.5, 0.6) is 0 Å². The van der Waals surface area contributed by atoms with Gasteiger partial charge in [0.2, 0.25) is 0 Å². The van der Waals surface area contributed by atoms with E-state index >= 15 is 0 Å². The van der Waals surface area contributed by atoms with Crippen LogP contribution < -0.4 is 5.32 Å². The maximum atomic E-state index is 13.9. The van der Waals surface area contributed by atoms with E-state index in [1.54, 1.807) is 35.9 Å². The van der Waals surface area contributed by atoms with Gasteiger partial charge in [0.1, 0.15) is 0 Å². The number of hydrogen-bond donors (Lipinski definition) is 1. The number of nitrogens with zero attached hydrogens (tertiary/aromatic N) is 5. The quantitative estimate of drug-likeness (QED) is 0.277. The zero-order valence-electron chi connectivity index (χ0n) is 20.6. The summed E-state index contributed by atoms with van der Waals surface area (Å²) in [6.07, 6.45) is -4.73. The topological polar surface area (TPSA) is 77.1 Å². The fourth-order valence-corrected chi connectivity index (χ4v) is 4.26. The van der Waals surface area contributed by atoms with Crippen LogP contribution in [0.2, 0.25) is 5.02 Å². The van der Waals surface area contributed by atoms with Crippen molar-refractivity contribution < 1.29 is 18.0 Å². The van der Waals surface area contributed by atoms with E-state index in [1.807, 2.05) is 38.1 Å². The summed E-state index contributed by atoms with van der Waals surface area (Å²) >= 11 is 5.91. The van der Waals surface area contributed by atoms with Crippen LogP contribution in [-0.4, -0.2) is 30.3 Å². The van der Waals surface area contributed by atoms with Crippen molar-refractivity contribution in [1.82, 2.24) is 24.4 Å². The Morgan fingerprint density at radius 1 is 0.974 bits per heavy atom. The molecule has 0 aliphatic heterocycles. The SMILES string of the molecule is Cc1ccc(Cn2nc(C)c(NC(=O)c3cc4nc(-c5ccc(Cl)cc5)cc(C(F)(F)F)n4n3)c2C)cc1. The monoisotopic (exact) mass is 538 g/mol. The Labute approximate surface area is 220 Å². The highest BCUT2D eigenvalue weighted by Gasteiger charge is 2.35. The summed E-state index contributed by atoms with van der Waals surface area (Å²) in [6.45, 7) is 6.07. The molecule has 0 spiro atoms. The number of alkyl halides is 3. The molecule has 0 fully saturated rings. The van der Waals surface area contributed by atoms with Crippen LogP contribution in [0.3, 0.4) is 0 Å². The summed E-state index contributed by atoms with van der Waals surface area (Å²) in [7, 11) is 0. The number of aryl methyl sites for hydroxylation is 2. The average molecular weight is 539 g/mol. The van der Waals surface area contributed by atoms with Gasteiger partial charge in [0.15, 0.2) is 17.0 Å². The van der Waals surface area contributed by atoms with Gasteiger partial charge in [-0.25, -0.2) is 9.50 Å². The number of carbonyl (C=O) groups is 1. The summed E-state index contributed by atoms with van der Waals surface area (Å²) in [5, 5.41) is 11.7. The summed E-state index contributed by atoms with van der Waals surface area (Å²) in [6, 6.07) is 16.4. The zero-order chi connectivity index (χ0) is 27.2. The average Bonchev–Trinajstić information content (AvgIpc) is 3.41. The molecule has 11 heteroatoms. The lowest BCUT2D eigenvalue weighted by atomic mass is 10.1. The Hall–Kier alpha value is -4.18. The third-order valence-corrected chi connectivity index (χ3v) is 6.42. The number of anilines is 1. The molecule has 0 atom stereocenters. The van der Waals surface area contributed by atoms with Crippen molar-refractivity contribution in [2.24, 2.45) is 0 Å². The molecule has 0 unspecified atom stereocenters. The predicted molar refractivity (Wildman–Crippen MR) is 138 cm³/mol. The Kier molecular flexibility index (Phi) is 6.44. The standard InChI is InChI=1S/C27H22ClF3N6O/c1-15-4-6-18(7-5-15)14-36-17(3)25(16(2)34-36)33-26(38)22-13-24-32-21(19-8-10-20(28)11-9-19)12-23(27(29,30)31)37(24)35-22/h4-13H,14H2,1-3H3,(H,33,38). The van der Waals surface area contributed by atoms with E-state index < -0.39 is 17.8 Å². The highest BCUT2D eigenvalue weighted by Crippen LogP contribution is 2.33. The fourth-order valence-electron chi connectivity index (χ4n) is 4.13. The lowest BCUT2D eigenvalue weighted by molar-refractivity contribution is -0.142. The Morgan fingerprint density at radius 2 is 1.66 bits per heavy atom. The van der Waals surface area contributed by atoms with Crippen LogP contribution in [0.1, 0.15) is 38.7 Å². The number of fused-ring (bicyclic) bond motifs is 1. The van der Waals surface area contributed by atoms with Crippen molar-refractivity contribution in [3.63, 3.8) is 0 Å². The maximum Gasteiger partial charge on any atom is 0.433 e. The molecule has 1 amide bonds. The minimum absolute atomic E-state index is 0.0809. The van der Waals surface area contributed by atoms with Crippen molar-refractivity contribution in [3.8, 4) is 11.3 Å². The molecule has 0 aliphatic carbocycles. The van der Waals surface area contributed by atoms with E-state index in [9.17, 15) is 18.0 Å². The highest BCUT2D eigenvalue weighted by molar-refractivity contribution is 6.30. The lowest BCUT2D eigenvalue weighted by Crippen LogP contribution is -2.16. The van der Waals surface area contributed by atoms with E-state index in [2.05, 4.69) is 20.5 Å². The van der Waals surface area contributed by atoms with Gasteiger partial charge in [0.05, 0.1) is 29.3 Å². The fraction of sp³-hybridized carbons (Fsp3) is 0.185. The molecule has 3 heterocycles. The summed E-state index contributed by atoms with van der Waals surface area (Å²) < 4.78 is 44.2. The van der Waals surface area contributed by atoms with E-state index in [0.717, 1.165) is 17.2 Å². The third-order valence-electron chi connectivity index (χ3n) is 6.16. The molecular formula is C27H22ClF3N6O. The maximum absolute atomic E-state index is 13.9. The van der Waals surface area contributed by atoms with Crippen LogP contribution in [-0.2, 0) is 12.7 Å². The largest absolute Gasteiger partial charge is 0.433 e. The molecule has 7 nitrogen and oxygen atoms in total. The normalized spacial score (nSPS) is 11.8. The van der Waals surface area contributed by atoms with Gasteiger partial charge < -0.3 is 5.32 Å². The molecule has 194 valence electrons. The molecule has 2 aromatic carbocycles. The van der Waals surface area contributed by atoms with Gasteiger partial charge in [-0.15, -0.1) is 0 Å². The smallest absolute Gasteiger partial charge is 0.317 e. The van der Waals surface area contributed by atoms with Crippen molar-refractivity contribution >= 4 is 28.8 Å². The first-order valence-electron chi connectivity index (χ1n) is 11.6. The second kappa shape index (κ2) is 9.60. The van der Waals surface area contributed by atoms with Crippen molar-refractivity contribution in [2.75, 3.05) is 5.32 Å². The lowest BCUT2D eigenvalue weighted by Gasteiger charge is -2.11. The number of nitrogens with one attached hydrogen (secondary N) is 1. The van der Waals surface area contributed by atoms with Gasteiger partial charge in [-0.2, -0.15) is 23.4 Å². The number of carbonyl (C=O) groups excluding carboxylic acids is 1. The van der Waals surface area contributed by atoms with Gasteiger partial charge in [0.25, 0.3) is 5.91 Å². The number of benzene rings is 2. The molecule has 0 saturated heterocycles. The third kappa shape index (κ3) is 4.99. The second-order valence-corrected chi connectivity index (χ2v) is 9.41. The molecule has 1 N–H and O–H groups in total. The van der Waals surface area contributed by atoms with E-state index in [-0.39, 0.29) is 17.0 Å². The minimum atomic E-state index is -4.73. The molecule has 0 bridgehead atoms. The van der Waals surface area contributed by atoms with E-state index in [1.165, 1.54) is 6.07 Å². The van der Waals surface area contributed by atoms with Crippen molar-refractivity contribution in [2.45, 2.75) is 33.5 Å². The van der Waals surface area contributed by atoms with Crippen LogP contribution in [0.25, 0.3) is 16.9 Å². The zero-order valence-corrected chi connectivity index (χ0v) is 21.4. The van der Waals surface area contributed by atoms with Gasteiger partial charge in [-0.1, -0.05) is 53.6 Å². The van der Waals surface area contributed by atoms with Crippen molar-refractivity contribution in [3.05, 3.63) is 99.6 Å². The van der Waals surface area contributed by atoms with Gasteiger partial charge >= 0.3 is 6.18 Å². The molecular weight excluding hydrogens is 517 g/mol. The Morgan fingerprint density at radius 3 is 2.32 bits per heavy atom. The molecule has 5 rings (SSSR count). The van der Waals surface area contributed by atoms with Crippen LogP contribution >= 0.6 is 11.6 Å². The Bertz CT molecular complexity index is 1650. The van der Waals surface area contributed by atoms with Gasteiger partial charge in [-0.05, 0) is 44.5 Å². The second-order valence-electron chi connectivity index (χ2n) is 8.97. The molecule has 0 saturated carbocycles. The highest BCUT2D eigenvalue weighted by atomic mass is 35.5. The van der Waals surface area contributed by atoms with E-state index in [0.29, 0.717) is 38.7 Å². The number of rotatable bonds is 5. The summed E-state index contributed by atoms with van der Waals surface area (Å²) in [5.74, 6) is -0.669. The summed E-state index contributed by atoms with van der Waals surface area (Å²) in [5.41, 5.74) is 3.10. The first-order chi connectivity index (χ1) is 18.0. The van der Waals surface area contributed by atoms with Gasteiger partial charge in [0, 0.05) is 16.7 Å². The number of amides is 1. The van der Waals surface area contributed by atoms with Crippen LogP contribution in [0, 0.1) is 20.8 Å². The molecule has 0 radical (unpaired) electrons. The number of aromatic nitrogens is 5. The first kappa shape index (κ1) is 25.5. The summed E-state index contributed by atoms with van der Waals surface area (Å²) in [4.78, 5) is 17.4. The van der Waals surface area contributed by atoms with E-state index in [4.69, 9.17) is 11.6 Å². The first-order valence-corrected chi connectivity index (χ1v) is 12.0. The molecule has 5 aromatic rings. The Balaban J connectivity index is 1.47. The minimum Gasteiger partial charge on any atom is -0.317 e. The van der Waals surface area contributed by atoms with Crippen LogP contribution in [0.4, 0.5) is 18.9 Å². The predicted octanol–water partition coefficient (Wildman–Crippen LogP) is 6.49. The van der Waals surface area contributed by atoms with Crippen molar-refractivity contribution in [1.29, 1.82) is 0 Å². The molecule has 38 heavy (non-hydrogen) atoms. The number of hydrogen-bond acceptors (Lipinski definition) is 4.